The summed E-state index contributed by atoms with van der Waals surface area (Å²) in [5, 5.41) is 0. The zero-order valence-corrected chi connectivity index (χ0v) is 7.62. The molecule has 0 radical (unpaired) electrons. The lowest BCUT2D eigenvalue weighted by atomic mass is 10.1. The van der Waals surface area contributed by atoms with Crippen LogP contribution >= 0.6 is 0 Å². The van der Waals surface area contributed by atoms with Gasteiger partial charge >= 0.3 is 0 Å². The molecule has 1 aliphatic heterocycles. The first-order valence-corrected chi connectivity index (χ1v) is 3.87. The normalized spacial score (nSPS) is 26.2. The third-order valence-corrected chi connectivity index (χ3v) is 1.78. The van der Waals surface area contributed by atoms with Gasteiger partial charge in [0.05, 0.1) is 13.2 Å². The molecule has 70 valence electrons. The van der Waals surface area contributed by atoms with E-state index >= 15 is 0 Å². The van der Waals surface area contributed by atoms with Gasteiger partial charge in [0.1, 0.15) is 0 Å². The highest BCUT2D eigenvalue weighted by atomic mass is 16.7. The third-order valence-electron chi connectivity index (χ3n) is 1.78. The van der Waals surface area contributed by atoms with Gasteiger partial charge in [0.15, 0.2) is 11.4 Å². The predicted octanol–water partition coefficient (Wildman–Crippen LogP) is 0.701. The van der Waals surface area contributed by atoms with Crippen molar-refractivity contribution in [2.24, 2.45) is 0 Å². The Balaban J connectivity index is 2.49. The van der Waals surface area contributed by atoms with Gasteiger partial charge in [-0.05, 0) is 20.8 Å². The molecule has 4 nitrogen and oxygen atoms in total. The molecule has 1 heterocycles. The number of hydrogen-bond acceptors (Lipinski definition) is 4. The second-order valence-corrected chi connectivity index (χ2v) is 3.64. The van der Waals surface area contributed by atoms with Crippen molar-refractivity contribution in [1.82, 2.24) is 0 Å². The molecule has 0 aromatic rings. The highest BCUT2D eigenvalue weighted by Gasteiger charge is 2.37. The number of carbonyl (C=O) groups is 1. The summed E-state index contributed by atoms with van der Waals surface area (Å²) in [6.45, 7) is 6.60. The van der Waals surface area contributed by atoms with Gasteiger partial charge in [0.2, 0.25) is 0 Å². The van der Waals surface area contributed by atoms with Crippen LogP contribution in [0.1, 0.15) is 20.8 Å². The summed E-state index contributed by atoms with van der Waals surface area (Å²) in [4.78, 5) is 10.1. The van der Waals surface area contributed by atoms with Gasteiger partial charge in [-0.3, -0.25) is 4.79 Å². The Morgan fingerprint density at radius 2 is 1.75 bits per heavy atom. The van der Waals surface area contributed by atoms with Crippen LogP contribution < -0.4 is 0 Å². The van der Waals surface area contributed by atoms with Gasteiger partial charge < -0.3 is 14.2 Å². The van der Waals surface area contributed by atoms with E-state index in [0.29, 0.717) is 19.7 Å². The van der Waals surface area contributed by atoms with Crippen LogP contribution in [-0.2, 0) is 19.0 Å². The zero-order valence-electron chi connectivity index (χ0n) is 7.62. The van der Waals surface area contributed by atoms with Crippen LogP contribution in [0, 0.1) is 0 Å². The first kappa shape index (κ1) is 9.48. The monoisotopic (exact) mass is 174 g/mol. The second-order valence-electron chi connectivity index (χ2n) is 3.64. The van der Waals surface area contributed by atoms with E-state index in [1.807, 2.05) is 13.8 Å². The molecule has 0 aromatic carbocycles. The van der Waals surface area contributed by atoms with E-state index in [-0.39, 0.29) is 0 Å². The van der Waals surface area contributed by atoms with Crippen molar-refractivity contribution < 1.29 is 19.0 Å². The van der Waals surface area contributed by atoms with E-state index in [9.17, 15) is 4.79 Å². The first-order chi connectivity index (χ1) is 5.47. The van der Waals surface area contributed by atoms with E-state index < -0.39 is 11.4 Å². The average molecular weight is 174 g/mol. The van der Waals surface area contributed by atoms with E-state index in [2.05, 4.69) is 0 Å². The molecule has 12 heavy (non-hydrogen) atoms. The average Bonchev–Trinajstić information content (AvgIpc) is 1.98. The van der Waals surface area contributed by atoms with Gasteiger partial charge in [-0.15, -0.1) is 0 Å². The second kappa shape index (κ2) is 3.03. The largest absolute Gasteiger partial charge is 0.457 e. The molecule has 1 fully saturated rings. The van der Waals surface area contributed by atoms with Crippen molar-refractivity contribution >= 4 is 6.47 Å². The molecule has 0 aliphatic carbocycles. The van der Waals surface area contributed by atoms with E-state index in [1.54, 1.807) is 6.92 Å². The molecule has 0 spiro atoms. The molecule has 1 rings (SSSR count). The van der Waals surface area contributed by atoms with Crippen LogP contribution in [0.15, 0.2) is 0 Å². The first-order valence-electron chi connectivity index (χ1n) is 3.87. The maximum absolute atomic E-state index is 10.1. The number of carbonyl (C=O) groups excluding carboxylic acids is 1. The molecule has 0 atom stereocenters. The van der Waals surface area contributed by atoms with Crippen LogP contribution in [-0.4, -0.2) is 31.1 Å². The lowest BCUT2D eigenvalue weighted by molar-refractivity contribution is -0.298. The fraction of sp³-hybridized carbons (Fsp3) is 0.875. The lowest BCUT2D eigenvalue weighted by Gasteiger charge is -2.39. The van der Waals surface area contributed by atoms with Crippen molar-refractivity contribution in [2.45, 2.75) is 32.2 Å². The molecule has 4 heteroatoms. The van der Waals surface area contributed by atoms with E-state index in [0.717, 1.165) is 0 Å². The summed E-state index contributed by atoms with van der Waals surface area (Å²) >= 11 is 0. The summed E-state index contributed by atoms with van der Waals surface area (Å²) in [7, 11) is 0. The molecule has 1 aliphatic rings. The Kier molecular flexibility index (Phi) is 2.39. The van der Waals surface area contributed by atoms with Crippen LogP contribution in [0.2, 0.25) is 0 Å². The number of rotatable bonds is 2. The zero-order chi connectivity index (χ0) is 9.24. The molecule has 0 N–H and O–H groups in total. The van der Waals surface area contributed by atoms with Gasteiger partial charge in [0, 0.05) is 0 Å². The quantitative estimate of drug-likeness (QED) is 0.578. The SMILES string of the molecule is CC1(OC=O)COC(C)(C)OC1. The molecule has 0 saturated carbocycles. The fourth-order valence-corrected chi connectivity index (χ4v) is 0.920. The van der Waals surface area contributed by atoms with Crippen molar-refractivity contribution in [3.05, 3.63) is 0 Å². The number of ether oxygens (including phenoxy) is 3. The molecule has 0 amide bonds. The highest BCUT2D eigenvalue weighted by Crippen LogP contribution is 2.24. The summed E-state index contributed by atoms with van der Waals surface area (Å²) in [6, 6.07) is 0. The minimum Gasteiger partial charge on any atom is -0.457 e. The summed E-state index contributed by atoms with van der Waals surface area (Å²) < 4.78 is 15.5. The minimum absolute atomic E-state index is 0.374. The van der Waals surface area contributed by atoms with E-state index in [4.69, 9.17) is 14.2 Å². The standard InChI is InChI=1S/C8H14O4/c1-7(2)10-4-8(3,5-11-7)12-6-9/h6H,4-5H2,1-3H3. The molecule has 0 bridgehead atoms. The Bertz CT molecular complexity index is 166. The minimum atomic E-state index is -0.628. The van der Waals surface area contributed by atoms with Crippen molar-refractivity contribution in [1.29, 1.82) is 0 Å². The summed E-state index contributed by atoms with van der Waals surface area (Å²) in [5.74, 6) is -0.564. The smallest absolute Gasteiger partial charge is 0.293 e. The van der Waals surface area contributed by atoms with Crippen LogP contribution in [0.4, 0.5) is 0 Å². The van der Waals surface area contributed by atoms with Crippen molar-refractivity contribution in [2.75, 3.05) is 13.2 Å². The van der Waals surface area contributed by atoms with Crippen molar-refractivity contribution in [3.8, 4) is 0 Å². The Morgan fingerprint density at radius 3 is 2.17 bits per heavy atom. The van der Waals surface area contributed by atoms with Gasteiger partial charge in [-0.2, -0.15) is 0 Å². The number of hydrogen-bond donors (Lipinski definition) is 0. The van der Waals surface area contributed by atoms with Gasteiger partial charge in [0.25, 0.3) is 6.47 Å². The van der Waals surface area contributed by atoms with Crippen LogP contribution in [0.25, 0.3) is 0 Å². The molecule has 1 saturated heterocycles. The van der Waals surface area contributed by atoms with Crippen LogP contribution in [0.3, 0.4) is 0 Å². The molecular weight excluding hydrogens is 160 g/mol. The van der Waals surface area contributed by atoms with Crippen molar-refractivity contribution in [3.63, 3.8) is 0 Å². The van der Waals surface area contributed by atoms with Crippen LogP contribution in [0.5, 0.6) is 0 Å². The molecule has 0 unspecified atom stereocenters. The topological polar surface area (TPSA) is 44.8 Å². The van der Waals surface area contributed by atoms with Gasteiger partial charge in [-0.25, -0.2) is 0 Å². The summed E-state index contributed by atoms with van der Waals surface area (Å²) in [6.07, 6.45) is 0. The summed E-state index contributed by atoms with van der Waals surface area (Å²) in [5.41, 5.74) is -0.628. The molecule has 0 aromatic heterocycles. The highest BCUT2D eigenvalue weighted by molar-refractivity contribution is 5.38. The van der Waals surface area contributed by atoms with E-state index in [1.165, 1.54) is 0 Å². The fourth-order valence-electron chi connectivity index (χ4n) is 0.920. The third kappa shape index (κ3) is 2.19. The Morgan fingerprint density at radius 1 is 1.25 bits per heavy atom. The maximum atomic E-state index is 10.1. The maximum Gasteiger partial charge on any atom is 0.293 e. The lowest BCUT2D eigenvalue weighted by Crippen LogP contribution is -2.50. The Hall–Kier alpha value is -0.610. The Labute approximate surface area is 71.8 Å². The van der Waals surface area contributed by atoms with Gasteiger partial charge in [-0.1, -0.05) is 0 Å². The molecular formula is C8H14O4. The predicted molar refractivity (Wildman–Crippen MR) is 41.5 cm³/mol.